The highest BCUT2D eigenvalue weighted by Crippen LogP contribution is 2.55. The van der Waals surface area contributed by atoms with Crippen LogP contribution in [0.25, 0.3) is 0 Å². The van der Waals surface area contributed by atoms with Crippen LogP contribution in [0.3, 0.4) is 0 Å². The maximum absolute atomic E-state index is 12.4. The number of amides is 2. The first-order valence-electron chi connectivity index (χ1n) is 8.02. The second kappa shape index (κ2) is 4.73. The lowest BCUT2D eigenvalue weighted by Crippen LogP contribution is -2.60. The van der Waals surface area contributed by atoms with Crippen LogP contribution in [-0.4, -0.2) is 16.7 Å². The number of hydrogen-bond donors (Lipinski definition) is 2. The number of urea groups is 1. The molecule has 1 heterocycles. The van der Waals surface area contributed by atoms with Gasteiger partial charge in [0.2, 0.25) is 0 Å². The molecule has 4 bridgehead atoms. The van der Waals surface area contributed by atoms with Gasteiger partial charge in [-0.05, 0) is 63.2 Å². The Morgan fingerprint density at radius 3 is 2.41 bits per heavy atom. The zero-order valence-corrected chi connectivity index (χ0v) is 12.7. The summed E-state index contributed by atoms with van der Waals surface area (Å²) in [4.78, 5) is 12.4. The van der Waals surface area contributed by atoms with E-state index in [0.717, 1.165) is 37.0 Å². The van der Waals surface area contributed by atoms with Crippen LogP contribution in [0.1, 0.15) is 49.8 Å². The summed E-state index contributed by atoms with van der Waals surface area (Å²) in [5.74, 6) is 2.46. The standard InChI is InChI=1S/C16H20N4O2/c1-9-13(8-17)14(22-20-9)18-15(21)19-16-5-10-2-11(6-16)4-12(3-10)7-16/h10-12H,2-7H2,1H3,(H2,18,19,21). The maximum atomic E-state index is 12.4. The Labute approximate surface area is 129 Å². The Kier molecular flexibility index (Phi) is 2.93. The molecule has 4 aliphatic carbocycles. The number of hydrogen-bond acceptors (Lipinski definition) is 4. The monoisotopic (exact) mass is 300 g/mol. The van der Waals surface area contributed by atoms with E-state index < -0.39 is 0 Å². The van der Waals surface area contributed by atoms with Crippen molar-refractivity contribution in [1.29, 1.82) is 5.26 Å². The van der Waals surface area contributed by atoms with Crippen molar-refractivity contribution in [2.45, 2.75) is 51.0 Å². The lowest BCUT2D eigenvalue weighted by atomic mass is 9.53. The molecular weight excluding hydrogens is 280 g/mol. The van der Waals surface area contributed by atoms with Gasteiger partial charge in [-0.1, -0.05) is 5.16 Å². The fourth-order valence-corrected chi connectivity index (χ4v) is 5.23. The first-order valence-corrected chi connectivity index (χ1v) is 8.02. The Morgan fingerprint density at radius 2 is 1.86 bits per heavy atom. The van der Waals surface area contributed by atoms with Crippen molar-refractivity contribution in [3.05, 3.63) is 11.3 Å². The third kappa shape index (κ3) is 2.16. The smallest absolute Gasteiger partial charge is 0.322 e. The summed E-state index contributed by atoms with van der Waals surface area (Å²) in [7, 11) is 0. The number of carbonyl (C=O) groups is 1. The fourth-order valence-electron chi connectivity index (χ4n) is 5.23. The molecule has 2 amide bonds. The highest BCUT2D eigenvalue weighted by atomic mass is 16.5. The van der Waals surface area contributed by atoms with Crippen LogP contribution in [0.2, 0.25) is 0 Å². The molecule has 4 fully saturated rings. The van der Waals surface area contributed by atoms with Gasteiger partial charge in [-0.25, -0.2) is 4.79 Å². The number of carbonyl (C=O) groups excluding carboxylic acids is 1. The third-order valence-corrected chi connectivity index (χ3v) is 5.62. The molecule has 4 saturated carbocycles. The SMILES string of the molecule is Cc1noc(NC(=O)NC23CC4CC(CC(C4)C2)C3)c1C#N. The number of nitriles is 1. The molecular formula is C16H20N4O2. The van der Waals surface area contributed by atoms with Crippen molar-refractivity contribution in [1.82, 2.24) is 10.5 Å². The molecule has 22 heavy (non-hydrogen) atoms. The van der Waals surface area contributed by atoms with Crippen molar-refractivity contribution in [3.63, 3.8) is 0 Å². The Balaban J connectivity index is 1.47. The van der Waals surface area contributed by atoms with Gasteiger partial charge in [-0.3, -0.25) is 5.32 Å². The van der Waals surface area contributed by atoms with E-state index in [1.54, 1.807) is 6.92 Å². The summed E-state index contributed by atoms with van der Waals surface area (Å²) in [5.41, 5.74) is 0.731. The summed E-state index contributed by atoms with van der Waals surface area (Å²) < 4.78 is 5.03. The van der Waals surface area contributed by atoms with Gasteiger partial charge >= 0.3 is 6.03 Å². The Morgan fingerprint density at radius 1 is 1.27 bits per heavy atom. The van der Waals surface area contributed by atoms with Gasteiger partial charge in [0.05, 0.1) is 0 Å². The number of rotatable bonds is 2. The second-order valence-corrected chi connectivity index (χ2v) is 7.36. The lowest BCUT2D eigenvalue weighted by Gasteiger charge is -2.56. The lowest BCUT2D eigenvalue weighted by molar-refractivity contribution is -0.0127. The van der Waals surface area contributed by atoms with Crippen LogP contribution < -0.4 is 10.6 Å². The fraction of sp³-hybridized carbons (Fsp3) is 0.688. The van der Waals surface area contributed by atoms with Gasteiger partial charge in [0.25, 0.3) is 5.88 Å². The molecule has 2 N–H and O–H groups in total. The minimum Gasteiger partial charge on any atom is -0.337 e. The highest BCUT2D eigenvalue weighted by Gasteiger charge is 2.51. The van der Waals surface area contributed by atoms with Gasteiger partial charge in [0, 0.05) is 5.54 Å². The van der Waals surface area contributed by atoms with E-state index in [0.29, 0.717) is 11.3 Å². The van der Waals surface area contributed by atoms with Crippen molar-refractivity contribution in [2.75, 3.05) is 5.32 Å². The van der Waals surface area contributed by atoms with Gasteiger partial charge in [0.1, 0.15) is 17.3 Å². The van der Waals surface area contributed by atoms with Crippen LogP contribution >= 0.6 is 0 Å². The number of nitrogens with one attached hydrogen (secondary N) is 2. The van der Waals surface area contributed by atoms with Crippen LogP contribution in [0, 0.1) is 36.0 Å². The average Bonchev–Trinajstić information content (AvgIpc) is 2.76. The van der Waals surface area contributed by atoms with Crippen LogP contribution in [0.4, 0.5) is 10.7 Å². The molecule has 1 aromatic rings. The average molecular weight is 300 g/mol. The number of aryl methyl sites for hydroxylation is 1. The molecule has 6 nitrogen and oxygen atoms in total. The maximum Gasteiger partial charge on any atom is 0.322 e. The molecule has 0 spiro atoms. The zero-order valence-electron chi connectivity index (χ0n) is 12.7. The summed E-state index contributed by atoms with van der Waals surface area (Å²) in [5, 5.41) is 18.7. The third-order valence-electron chi connectivity index (χ3n) is 5.62. The molecule has 116 valence electrons. The van der Waals surface area contributed by atoms with Crippen LogP contribution in [-0.2, 0) is 0 Å². The van der Waals surface area contributed by atoms with E-state index >= 15 is 0 Å². The molecule has 0 atom stereocenters. The normalized spacial score (nSPS) is 35.2. The van der Waals surface area contributed by atoms with Gasteiger partial charge in [-0.15, -0.1) is 0 Å². The molecule has 6 heteroatoms. The summed E-state index contributed by atoms with van der Waals surface area (Å²) in [6.07, 6.45) is 7.28. The van der Waals surface area contributed by atoms with Gasteiger partial charge < -0.3 is 9.84 Å². The second-order valence-electron chi connectivity index (χ2n) is 7.36. The summed E-state index contributed by atoms with van der Waals surface area (Å²) in [6.45, 7) is 1.68. The summed E-state index contributed by atoms with van der Waals surface area (Å²) in [6, 6.07) is 1.73. The minimum atomic E-state index is -0.283. The molecule has 1 aromatic heterocycles. The van der Waals surface area contributed by atoms with E-state index in [1.165, 1.54) is 19.3 Å². The Bertz CT molecular complexity index is 622. The number of aromatic nitrogens is 1. The predicted octanol–water partition coefficient (Wildman–Crippen LogP) is 2.95. The van der Waals surface area contributed by atoms with Gasteiger partial charge in [0.15, 0.2) is 0 Å². The first kappa shape index (κ1) is 13.6. The Hall–Kier alpha value is -2.03. The highest BCUT2D eigenvalue weighted by molar-refractivity contribution is 5.89. The van der Waals surface area contributed by atoms with Crippen molar-refractivity contribution in [3.8, 4) is 6.07 Å². The largest absolute Gasteiger partial charge is 0.337 e. The van der Waals surface area contributed by atoms with E-state index in [4.69, 9.17) is 9.78 Å². The molecule has 0 aromatic carbocycles. The quantitative estimate of drug-likeness (QED) is 0.878. The molecule has 4 aliphatic rings. The van der Waals surface area contributed by atoms with E-state index in [1.807, 2.05) is 6.07 Å². The number of nitrogens with zero attached hydrogens (tertiary/aromatic N) is 2. The van der Waals surface area contributed by atoms with E-state index in [-0.39, 0.29) is 17.5 Å². The molecule has 0 saturated heterocycles. The number of anilines is 1. The topological polar surface area (TPSA) is 90.9 Å². The predicted molar refractivity (Wildman–Crippen MR) is 79.0 cm³/mol. The zero-order chi connectivity index (χ0) is 15.3. The van der Waals surface area contributed by atoms with Crippen LogP contribution in [0.5, 0.6) is 0 Å². The molecule has 0 radical (unpaired) electrons. The van der Waals surface area contributed by atoms with Crippen LogP contribution in [0.15, 0.2) is 4.52 Å². The van der Waals surface area contributed by atoms with Crippen molar-refractivity contribution in [2.24, 2.45) is 17.8 Å². The van der Waals surface area contributed by atoms with Crippen molar-refractivity contribution < 1.29 is 9.32 Å². The van der Waals surface area contributed by atoms with Gasteiger partial charge in [-0.2, -0.15) is 5.26 Å². The first-order chi connectivity index (χ1) is 10.6. The van der Waals surface area contributed by atoms with E-state index in [9.17, 15) is 4.79 Å². The molecule has 0 aliphatic heterocycles. The summed E-state index contributed by atoms with van der Waals surface area (Å²) >= 11 is 0. The molecule has 5 rings (SSSR count). The van der Waals surface area contributed by atoms with Crippen molar-refractivity contribution >= 4 is 11.9 Å². The van der Waals surface area contributed by atoms with E-state index in [2.05, 4.69) is 15.8 Å². The minimum absolute atomic E-state index is 0.0549. The molecule has 0 unspecified atom stereocenters.